The van der Waals surface area contributed by atoms with Crippen LogP contribution in [0.15, 0.2) is 60.9 Å². The molecule has 2 aromatic rings. The van der Waals surface area contributed by atoms with Crippen LogP contribution in [0.2, 0.25) is 0 Å². The SMILES string of the molecule is CN(C)c1cc[n+](/C=C/C(=O)c2ccccc2)cc1.[Cl-]. The molecule has 0 saturated heterocycles. The van der Waals surface area contributed by atoms with Crippen molar-refractivity contribution in [3.05, 3.63) is 66.5 Å². The molecule has 0 amide bonds. The molecule has 0 fully saturated rings. The molecule has 0 saturated carbocycles. The maximum absolute atomic E-state index is 11.9. The first-order valence-electron chi connectivity index (χ1n) is 6.12. The lowest BCUT2D eigenvalue weighted by molar-refractivity contribution is -0.568. The third-order valence-corrected chi connectivity index (χ3v) is 2.81. The molecule has 1 aromatic carbocycles. The summed E-state index contributed by atoms with van der Waals surface area (Å²) < 4.78 is 1.86. The first kappa shape index (κ1) is 15.9. The molecular formula is C16H17ClN2O. The summed E-state index contributed by atoms with van der Waals surface area (Å²) in [5, 5.41) is 0. The summed E-state index contributed by atoms with van der Waals surface area (Å²) in [6.07, 6.45) is 7.17. The quantitative estimate of drug-likeness (QED) is 0.426. The fraction of sp³-hybridized carbons (Fsp3) is 0.125. The first-order valence-corrected chi connectivity index (χ1v) is 6.12. The first-order chi connectivity index (χ1) is 9.16. The zero-order valence-corrected chi connectivity index (χ0v) is 12.3. The van der Waals surface area contributed by atoms with E-state index in [9.17, 15) is 4.79 Å². The molecule has 4 heteroatoms. The van der Waals surface area contributed by atoms with Crippen LogP contribution in [-0.4, -0.2) is 19.9 Å². The standard InChI is InChI=1S/C16H17N2O.ClH/c1-17(2)15-8-11-18(12-9-15)13-10-16(19)14-6-4-3-5-7-14;/h3-13H,1-2H3;1H/q+1;/p-1/b13-10+;. The van der Waals surface area contributed by atoms with Crippen molar-refractivity contribution in [3.8, 4) is 0 Å². The number of carbonyl (C=O) groups excluding carboxylic acids is 1. The highest BCUT2D eigenvalue weighted by Gasteiger charge is 2.03. The van der Waals surface area contributed by atoms with Crippen molar-refractivity contribution in [2.24, 2.45) is 0 Å². The number of carbonyl (C=O) groups is 1. The number of anilines is 1. The molecule has 0 atom stereocenters. The van der Waals surface area contributed by atoms with Crippen molar-refractivity contribution in [2.45, 2.75) is 0 Å². The molecule has 1 heterocycles. The molecule has 1 aromatic heterocycles. The van der Waals surface area contributed by atoms with E-state index in [1.165, 1.54) is 0 Å². The van der Waals surface area contributed by atoms with E-state index in [0.717, 1.165) is 5.69 Å². The molecule has 104 valence electrons. The van der Waals surface area contributed by atoms with Crippen LogP contribution in [0.1, 0.15) is 10.4 Å². The number of pyridine rings is 1. The fourth-order valence-corrected chi connectivity index (χ4v) is 1.68. The smallest absolute Gasteiger partial charge is 0.191 e. The van der Waals surface area contributed by atoms with Crippen LogP contribution in [0.4, 0.5) is 5.69 Å². The fourth-order valence-electron chi connectivity index (χ4n) is 1.68. The lowest BCUT2D eigenvalue weighted by Crippen LogP contribution is -3.00. The number of nitrogens with zero attached hydrogens (tertiary/aromatic N) is 2. The van der Waals surface area contributed by atoms with Gasteiger partial charge in [0.05, 0.1) is 6.08 Å². The van der Waals surface area contributed by atoms with E-state index in [1.54, 1.807) is 12.3 Å². The molecule has 0 spiro atoms. The molecule has 20 heavy (non-hydrogen) atoms. The second-order valence-corrected chi connectivity index (χ2v) is 4.44. The van der Waals surface area contributed by atoms with Crippen LogP contribution in [0.25, 0.3) is 6.20 Å². The lowest BCUT2D eigenvalue weighted by atomic mass is 10.1. The van der Waals surface area contributed by atoms with E-state index in [2.05, 4.69) is 0 Å². The Hall–Kier alpha value is -2.13. The van der Waals surface area contributed by atoms with E-state index >= 15 is 0 Å². The number of hydrogen-bond donors (Lipinski definition) is 0. The number of aromatic nitrogens is 1. The Bertz CT molecular complexity index is 577. The number of halogens is 1. The number of rotatable bonds is 4. The van der Waals surface area contributed by atoms with E-state index in [0.29, 0.717) is 5.56 Å². The second-order valence-electron chi connectivity index (χ2n) is 4.44. The van der Waals surface area contributed by atoms with Crippen LogP contribution >= 0.6 is 0 Å². The van der Waals surface area contributed by atoms with Gasteiger partial charge in [0.15, 0.2) is 24.4 Å². The van der Waals surface area contributed by atoms with Gasteiger partial charge in [0, 0.05) is 37.5 Å². The third kappa shape index (κ3) is 4.21. The van der Waals surface area contributed by atoms with Gasteiger partial charge in [0.2, 0.25) is 0 Å². The highest BCUT2D eigenvalue weighted by Crippen LogP contribution is 2.06. The van der Waals surface area contributed by atoms with Crippen molar-refractivity contribution in [1.82, 2.24) is 0 Å². The zero-order chi connectivity index (χ0) is 13.7. The minimum absolute atomic E-state index is 0. The number of hydrogen-bond acceptors (Lipinski definition) is 2. The van der Waals surface area contributed by atoms with Crippen LogP contribution in [0.5, 0.6) is 0 Å². The van der Waals surface area contributed by atoms with Gasteiger partial charge in [-0.3, -0.25) is 4.79 Å². The topological polar surface area (TPSA) is 24.2 Å². The monoisotopic (exact) mass is 288 g/mol. The highest BCUT2D eigenvalue weighted by molar-refractivity contribution is 6.05. The zero-order valence-electron chi connectivity index (χ0n) is 11.5. The van der Waals surface area contributed by atoms with Crippen molar-refractivity contribution in [3.63, 3.8) is 0 Å². The van der Waals surface area contributed by atoms with Crippen molar-refractivity contribution in [1.29, 1.82) is 0 Å². The van der Waals surface area contributed by atoms with Gasteiger partial charge in [0.25, 0.3) is 0 Å². The molecule has 0 aliphatic carbocycles. The van der Waals surface area contributed by atoms with Gasteiger partial charge in [-0.15, -0.1) is 0 Å². The van der Waals surface area contributed by atoms with Gasteiger partial charge in [-0.2, -0.15) is 4.57 Å². The van der Waals surface area contributed by atoms with Gasteiger partial charge in [-0.25, -0.2) is 0 Å². The van der Waals surface area contributed by atoms with Gasteiger partial charge in [-0.1, -0.05) is 30.3 Å². The Kier molecular flexibility index (Phi) is 5.94. The maximum Gasteiger partial charge on any atom is 0.191 e. The number of ketones is 1. The van der Waals surface area contributed by atoms with E-state index in [1.807, 2.05) is 78.4 Å². The van der Waals surface area contributed by atoms with Crippen molar-refractivity contribution >= 4 is 17.7 Å². The molecule has 0 unspecified atom stereocenters. The molecule has 0 radical (unpaired) electrons. The minimum Gasteiger partial charge on any atom is -1.00 e. The summed E-state index contributed by atoms with van der Waals surface area (Å²) in [7, 11) is 3.99. The van der Waals surface area contributed by atoms with Crippen LogP contribution in [0.3, 0.4) is 0 Å². The van der Waals surface area contributed by atoms with Crippen LogP contribution < -0.4 is 21.9 Å². The third-order valence-electron chi connectivity index (χ3n) is 2.81. The summed E-state index contributed by atoms with van der Waals surface area (Å²) in [5.41, 5.74) is 1.82. The van der Waals surface area contributed by atoms with Crippen LogP contribution in [0, 0.1) is 0 Å². The number of benzene rings is 1. The average Bonchev–Trinajstić information content (AvgIpc) is 2.46. The Morgan fingerprint density at radius 2 is 1.65 bits per heavy atom. The van der Waals surface area contributed by atoms with Crippen molar-refractivity contribution < 1.29 is 21.8 Å². The predicted octanol–water partition coefficient (Wildman–Crippen LogP) is -0.602. The Balaban J connectivity index is 0.00000200. The maximum atomic E-state index is 11.9. The summed E-state index contributed by atoms with van der Waals surface area (Å²) in [6.45, 7) is 0. The van der Waals surface area contributed by atoms with Gasteiger partial charge >= 0.3 is 0 Å². The molecule has 3 nitrogen and oxygen atoms in total. The highest BCUT2D eigenvalue weighted by atomic mass is 35.5. The summed E-state index contributed by atoms with van der Waals surface area (Å²) in [6, 6.07) is 13.2. The molecule has 0 aliphatic rings. The molecule has 2 rings (SSSR count). The number of allylic oxidation sites excluding steroid dienone is 1. The van der Waals surface area contributed by atoms with Gasteiger partial charge < -0.3 is 17.3 Å². The molecule has 0 N–H and O–H groups in total. The predicted molar refractivity (Wildman–Crippen MR) is 77.1 cm³/mol. The van der Waals surface area contributed by atoms with Crippen LogP contribution in [-0.2, 0) is 0 Å². The normalized spacial score (nSPS) is 10.1. The molecule has 0 aliphatic heterocycles. The summed E-state index contributed by atoms with van der Waals surface area (Å²) in [4.78, 5) is 13.9. The van der Waals surface area contributed by atoms with E-state index < -0.39 is 0 Å². The second kappa shape index (κ2) is 7.46. The molecular weight excluding hydrogens is 272 g/mol. The lowest BCUT2D eigenvalue weighted by Gasteiger charge is -2.09. The average molecular weight is 289 g/mol. The molecule has 0 bridgehead atoms. The van der Waals surface area contributed by atoms with Crippen molar-refractivity contribution in [2.75, 3.05) is 19.0 Å². The Morgan fingerprint density at radius 3 is 2.20 bits per heavy atom. The minimum atomic E-state index is 0. The summed E-state index contributed by atoms with van der Waals surface area (Å²) in [5.74, 6) is 0.00443. The summed E-state index contributed by atoms with van der Waals surface area (Å²) >= 11 is 0. The van der Waals surface area contributed by atoms with Gasteiger partial charge in [-0.05, 0) is 0 Å². The van der Waals surface area contributed by atoms with E-state index in [4.69, 9.17) is 0 Å². The Labute approximate surface area is 125 Å². The largest absolute Gasteiger partial charge is 1.00 e. The van der Waals surface area contributed by atoms with Gasteiger partial charge in [0.1, 0.15) is 0 Å². The Morgan fingerprint density at radius 1 is 1.05 bits per heavy atom. The van der Waals surface area contributed by atoms with E-state index in [-0.39, 0.29) is 18.2 Å².